The molecule has 0 aliphatic heterocycles. The zero-order valence-electron chi connectivity index (χ0n) is 9.04. The maximum Gasteiger partial charge on any atom is 0.135 e. The first kappa shape index (κ1) is 11.2. The summed E-state index contributed by atoms with van der Waals surface area (Å²) in [7, 11) is 0. The molecule has 1 heterocycles. The minimum atomic E-state index is 0.511. The van der Waals surface area contributed by atoms with Gasteiger partial charge in [-0.05, 0) is 19.3 Å². The Morgan fingerprint density at radius 1 is 1.50 bits per heavy atom. The van der Waals surface area contributed by atoms with Gasteiger partial charge in [0.25, 0.3) is 0 Å². The van der Waals surface area contributed by atoms with E-state index in [-0.39, 0.29) is 0 Å². The molecule has 1 saturated carbocycles. The Morgan fingerprint density at radius 3 is 3.00 bits per heavy atom. The maximum atomic E-state index is 5.94. The van der Waals surface area contributed by atoms with Gasteiger partial charge in [-0.15, -0.1) is 12.3 Å². The van der Waals surface area contributed by atoms with Crippen molar-refractivity contribution >= 4 is 17.4 Å². The van der Waals surface area contributed by atoms with Gasteiger partial charge in [-0.2, -0.15) is 0 Å². The number of anilines is 1. The molecule has 3 nitrogen and oxygen atoms in total. The van der Waals surface area contributed by atoms with Crippen LogP contribution in [0.2, 0.25) is 5.15 Å². The SMILES string of the molecule is C#CCCCNc1cc(Cl)nc(C2CC2)n1. The van der Waals surface area contributed by atoms with Crippen LogP contribution in [0.15, 0.2) is 6.07 Å². The minimum absolute atomic E-state index is 0.511. The average molecular weight is 236 g/mol. The van der Waals surface area contributed by atoms with Crippen molar-refractivity contribution in [2.24, 2.45) is 0 Å². The molecule has 2 rings (SSSR count). The van der Waals surface area contributed by atoms with E-state index in [1.807, 2.05) is 0 Å². The van der Waals surface area contributed by atoms with Crippen molar-refractivity contribution in [1.82, 2.24) is 9.97 Å². The molecule has 1 aromatic heterocycles. The number of nitrogens with zero attached hydrogens (tertiary/aromatic N) is 2. The fourth-order valence-corrected chi connectivity index (χ4v) is 1.65. The van der Waals surface area contributed by atoms with Gasteiger partial charge in [0.1, 0.15) is 16.8 Å². The summed E-state index contributed by atoms with van der Waals surface area (Å²) in [5.74, 6) is 4.80. The summed E-state index contributed by atoms with van der Waals surface area (Å²) in [6.45, 7) is 0.821. The third kappa shape index (κ3) is 3.11. The lowest BCUT2D eigenvalue weighted by molar-refractivity contribution is 0.881. The van der Waals surface area contributed by atoms with Gasteiger partial charge in [-0.1, -0.05) is 11.6 Å². The standard InChI is InChI=1S/C12H14ClN3/c1-2-3-4-7-14-11-8-10(13)15-12(16-11)9-5-6-9/h1,8-9H,3-7H2,(H,14,15,16). The number of nitrogens with one attached hydrogen (secondary N) is 1. The van der Waals surface area contributed by atoms with Gasteiger partial charge in [-0.3, -0.25) is 0 Å². The zero-order valence-corrected chi connectivity index (χ0v) is 9.80. The molecule has 1 N–H and O–H groups in total. The Morgan fingerprint density at radius 2 is 2.31 bits per heavy atom. The Bertz CT molecular complexity index is 407. The summed E-state index contributed by atoms with van der Waals surface area (Å²) in [6, 6.07) is 1.75. The number of hydrogen-bond acceptors (Lipinski definition) is 3. The zero-order chi connectivity index (χ0) is 11.4. The average Bonchev–Trinajstić information content (AvgIpc) is 3.07. The van der Waals surface area contributed by atoms with Crippen molar-refractivity contribution in [2.75, 3.05) is 11.9 Å². The van der Waals surface area contributed by atoms with E-state index in [1.165, 1.54) is 12.8 Å². The second-order valence-corrected chi connectivity index (χ2v) is 4.33. The molecule has 1 fully saturated rings. The third-order valence-corrected chi connectivity index (χ3v) is 2.65. The molecular formula is C12H14ClN3. The van der Waals surface area contributed by atoms with Crippen molar-refractivity contribution in [3.8, 4) is 12.3 Å². The minimum Gasteiger partial charge on any atom is -0.370 e. The molecule has 0 saturated heterocycles. The second-order valence-electron chi connectivity index (χ2n) is 3.94. The number of terminal acetylenes is 1. The molecule has 0 radical (unpaired) electrons. The second kappa shape index (κ2) is 5.18. The maximum absolute atomic E-state index is 5.94. The molecule has 0 bridgehead atoms. The lowest BCUT2D eigenvalue weighted by Crippen LogP contribution is -2.05. The topological polar surface area (TPSA) is 37.8 Å². The highest BCUT2D eigenvalue weighted by atomic mass is 35.5. The van der Waals surface area contributed by atoms with Gasteiger partial charge in [-0.25, -0.2) is 9.97 Å². The van der Waals surface area contributed by atoms with Crippen LogP contribution in [0.1, 0.15) is 37.4 Å². The molecule has 16 heavy (non-hydrogen) atoms. The molecular weight excluding hydrogens is 222 g/mol. The fourth-order valence-electron chi connectivity index (χ4n) is 1.46. The Kier molecular flexibility index (Phi) is 3.63. The van der Waals surface area contributed by atoms with E-state index in [0.717, 1.165) is 31.0 Å². The van der Waals surface area contributed by atoms with Crippen LogP contribution in [0.5, 0.6) is 0 Å². The quantitative estimate of drug-likeness (QED) is 0.485. The molecule has 0 atom stereocenters. The Labute approximate surface area is 101 Å². The summed E-state index contributed by atoms with van der Waals surface area (Å²) >= 11 is 5.94. The normalized spacial score (nSPS) is 14.5. The van der Waals surface area contributed by atoms with Crippen LogP contribution in [0.25, 0.3) is 0 Å². The number of halogens is 1. The first-order chi connectivity index (χ1) is 7.79. The summed E-state index contributed by atoms with van der Waals surface area (Å²) in [5.41, 5.74) is 0. The van der Waals surface area contributed by atoms with Crippen LogP contribution in [0, 0.1) is 12.3 Å². The van der Waals surface area contributed by atoms with E-state index in [2.05, 4.69) is 21.2 Å². The predicted molar refractivity (Wildman–Crippen MR) is 65.6 cm³/mol. The molecule has 0 amide bonds. The molecule has 0 spiro atoms. The van der Waals surface area contributed by atoms with Crippen molar-refractivity contribution in [1.29, 1.82) is 0 Å². The van der Waals surface area contributed by atoms with Crippen molar-refractivity contribution < 1.29 is 0 Å². The molecule has 4 heteroatoms. The highest BCUT2D eigenvalue weighted by molar-refractivity contribution is 6.29. The molecule has 0 unspecified atom stereocenters. The van der Waals surface area contributed by atoms with Crippen LogP contribution in [0.3, 0.4) is 0 Å². The van der Waals surface area contributed by atoms with Crippen LogP contribution < -0.4 is 5.32 Å². The van der Waals surface area contributed by atoms with E-state index in [4.69, 9.17) is 18.0 Å². The Balaban J connectivity index is 1.95. The number of hydrogen-bond donors (Lipinski definition) is 1. The van der Waals surface area contributed by atoms with E-state index >= 15 is 0 Å². The van der Waals surface area contributed by atoms with Crippen molar-refractivity contribution in [3.05, 3.63) is 17.0 Å². The van der Waals surface area contributed by atoms with Crippen LogP contribution in [0.4, 0.5) is 5.82 Å². The summed E-state index contributed by atoms with van der Waals surface area (Å²) < 4.78 is 0. The molecule has 1 aliphatic rings. The van der Waals surface area contributed by atoms with Crippen LogP contribution in [-0.4, -0.2) is 16.5 Å². The molecule has 0 aromatic carbocycles. The predicted octanol–water partition coefficient (Wildman–Crippen LogP) is 2.83. The molecule has 84 valence electrons. The first-order valence-electron chi connectivity index (χ1n) is 5.51. The monoisotopic (exact) mass is 235 g/mol. The summed E-state index contributed by atoms with van der Waals surface area (Å²) in [6.07, 6.45) is 9.26. The van der Waals surface area contributed by atoms with E-state index < -0.39 is 0 Å². The highest BCUT2D eigenvalue weighted by Crippen LogP contribution is 2.38. The highest BCUT2D eigenvalue weighted by Gasteiger charge is 2.27. The van der Waals surface area contributed by atoms with Gasteiger partial charge < -0.3 is 5.32 Å². The molecule has 1 aromatic rings. The fraction of sp³-hybridized carbons (Fsp3) is 0.500. The van der Waals surface area contributed by atoms with Gasteiger partial charge in [0.15, 0.2) is 0 Å². The van der Waals surface area contributed by atoms with Gasteiger partial charge in [0.2, 0.25) is 0 Å². The van der Waals surface area contributed by atoms with Crippen molar-refractivity contribution in [2.45, 2.75) is 31.6 Å². The van der Waals surface area contributed by atoms with Crippen molar-refractivity contribution in [3.63, 3.8) is 0 Å². The lowest BCUT2D eigenvalue weighted by atomic mass is 10.3. The van der Waals surface area contributed by atoms with Crippen LogP contribution in [-0.2, 0) is 0 Å². The number of rotatable bonds is 5. The summed E-state index contributed by atoms with van der Waals surface area (Å²) in [4.78, 5) is 8.66. The van der Waals surface area contributed by atoms with Crippen LogP contribution >= 0.6 is 11.6 Å². The first-order valence-corrected chi connectivity index (χ1v) is 5.89. The van der Waals surface area contributed by atoms with E-state index in [0.29, 0.717) is 11.1 Å². The third-order valence-electron chi connectivity index (χ3n) is 2.46. The van der Waals surface area contributed by atoms with E-state index in [1.54, 1.807) is 6.07 Å². The smallest absolute Gasteiger partial charge is 0.135 e. The number of aromatic nitrogens is 2. The Hall–Kier alpha value is -1.27. The number of unbranched alkanes of at least 4 members (excludes halogenated alkanes) is 1. The lowest BCUT2D eigenvalue weighted by Gasteiger charge is -2.06. The summed E-state index contributed by atoms with van der Waals surface area (Å²) in [5, 5.41) is 3.72. The largest absolute Gasteiger partial charge is 0.370 e. The van der Waals surface area contributed by atoms with Gasteiger partial charge in [0, 0.05) is 24.9 Å². The van der Waals surface area contributed by atoms with Gasteiger partial charge in [0.05, 0.1) is 0 Å². The van der Waals surface area contributed by atoms with E-state index in [9.17, 15) is 0 Å². The molecule has 1 aliphatic carbocycles. The van der Waals surface area contributed by atoms with Gasteiger partial charge >= 0.3 is 0 Å².